The summed E-state index contributed by atoms with van der Waals surface area (Å²) < 4.78 is 4.40. The summed E-state index contributed by atoms with van der Waals surface area (Å²) in [5.74, 6) is 0.521. The first-order chi connectivity index (χ1) is 5.85. The Balaban J connectivity index is 0. The minimum absolute atomic E-state index is 0. The number of ether oxygens (including phenoxy) is 1. The first kappa shape index (κ1) is 14.6. The van der Waals surface area contributed by atoms with Gasteiger partial charge in [0.15, 0.2) is 6.47 Å². The van der Waals surface area contributed by atoms with Gasteiger partial charge in [0.1, 0.15) is 0 Å². The van der Waals surface area contributed by atoms with Crippen molar-refractivity contribution < 1.29 is 47.1 Å². The van der Waals surface area contributed by atoms with Crippen molar-refractivity contribution in [3.63, 3.8) is 0 Å². The molecule has 0 heterocycles. The minimum Gasteiger partial charge on any atom is -0.665 e. The van der Waals surface area contributed by atoms with Crippen LogP contribution < -0.4 is 4.74 Å². The van der Waals surface area contributed by atoms with Crippen LogP contribution in [0.2, 0.25) is 0 Å². The van der Waals surface area contributed by atoms with E-state index in [1.807, 2.05) is 6.07 Å². The number of benzene rings is 1. The SMILES string of the molecule is O=[C-]O.O=[C-]Oc1ccccc1.[Hg+2]. The molecule has 0 aliphatic heterocycles. The maximum atomic E-state index is 9.63. The van der Waals surface area contributed by atoms with Gasteiger partial charge in [0.05, 0.1) is 0 Å². The Bertz CT molecular complexity index is 225. The maximum Gasteiger partial charge on any atom is 2.00 e. The summed E-state index contributed by atoms with van der Waals surface area (Å²) in [5, 5.41) is 6.76. The molecule has 1 aromatic rings. The fourth-order valence-electron chi connectivity index (χ4n) is 0.537. The van der Waals surface area contributed by atoms with E-state index in [2.05, 4.69) is 4.74 Å². The average Bonchev–Trinajstić information content (AvgIpc) is 2.08. The molecule has 0 radical (unpaired) electrons. The van der Waals surface area contributed by atoms with Crippen LogP contribution in [0.3, 0.4) is 0 Å². The molecular weight excluding hydrogens is 361 g/mol. The van der Waals surface area contributed by atoms with E-state index in [-0.39, 0.29) is 27.7 Å². The van der Waals surface area contributed by atoms with Gasteiger partial charge in [-0.15, -0.1) is 12.1 Å². The molecule has 0 spiro atoms. The van der Waals surface area contributed by atoms with E-state index in [1.165, 1.54) is 6.47 Å². The zero-order valence-corrected chi connectivity index (χ0v) is 12.3. The summed E-state index contributed by atoms with van der Waals surface area (Å²) in [6.07, 6.45) is 0. The van der Waals surface area contributed by atoms with Crippen molar-refractivity contribution in [2.24, 2.45) is 0 Å². The van der Waals surface area contributed by atoms with Crippen molar-refractivity contribution in [2.75, 3.05) is 0 Å². The van der Waals surface area contributed by atoms with Gasteiger partial charge >= 0.3 is 27.7 Å². The molecule has 1 N–H and O–H groups in total. The van der Waals surface area contributed by atoms with Gasteiger partial charge in [-0.05, 0) is 5.75 Å². The third kappa shape index (κ3) is 9.01. The number of carbonyl (C=O) groups excluding carboxylic acids is 1. The molecule has 5 heteroatoms. The third-order valence-corrected chi connectivity index (χ3v) is 0.903. The molecule has 0 bridgehead atoms. The summed E-state index contributed by atoms with van der Waals surface area (Å²) in [7, 11) is 0. The van der Waals surface area contributed by atoms with E-state index in [4.69, 9.17) is 9.90 Å². The first-order valence-electron chi connectivity index (χ1n) is 2.95. The van der Waals surface area contributed by atoms with E-state index in [9.17, 15) is 4.79 Å². The molecule has 0 saturated heterocycles. The van der Waals surface area contributed by atoms with Gasteiger partial charge < -0.3 is 19.4 Å². The molecule has 13 heavy (non-hydrogen) atoms. The van der Waals surface area contributed by atoms with Crippen LogP contribution in [0.25, 0.3) is 0 Å². The second-order valence-electron chi connectivity index (χ2n) is 1.59. The van der Waals surface area contributed by atoms with E-state index in [0.29, 0.717) is 12.2 Å². The molecular formula is C8H6HgO4. The molecule has 0 aromatic heterocycles. The fraction of sp³-hybridized carbons (Fsp3) is 0. The smallest absolute Gasteiger partial charge is 0.665 e. The van der Waals surface area contributed by atoms with Gasteiger partial charge in [-0.2, -0.15) is 0 Å². The molecule has 64 valence electrons. The summed E-state index contributed by atoms with van der Waals surface area (Å²) in [5.41, 5.74) is 0. The molecule has 0 aliphatic rings. The molecule has 1 rings (SSSR count). The molecule has 0 atom stereocenters. The molecule has 0 unspecified atom stereocenters. The van der Waals surface area contributed by atoms with Crippen LogP contribution in [0, 0.1) is 0 Å². The van der Waals surface area contributed by atoms with Gasteiger partial charge in [0, 0.05) is 0 Å². The van der Waals surface area contributed by atoms with Crippen LogP contribution in [0.1, 0.15) is 0 Å². The molecule has 0 amide bonds. The van der Waals surface area contributed by atoms with Crippen LogP contribution in [0.15, 0.2) is 30.3 Å². The fourth-order valence-corrected chi connectivity index (χ4v) is 0.537. The predicted octanol–water partition coefficient (Wildman–Crippen LogP) is 0.742. The zero-order valence-electron chi connectivity index (χ0n) is 6.77. The Morgan fingerprint density at radius 3 is 2.00 bits per heavy atom. The van der Waals surface area contributed by atoms with E-state index in [1.54, 1.807) is 24.3 Å². The Morgan fingerprint density at radius 1 is 1.15 bits per heavy atom. The van der Waals surface area contributed by atoms with E-state index in [0.717, 1.165) is 0 Å². The second-order valence-corrected chi connectivity index (χ2v) is 1.59. The van der Waals surface area contributed by atoms with Gasteiger partial charge in [-0.3, -0.25) is 0 Å². The molecule has 0 aliphatic carbocycles. The zero-order chi connectivity index (χ0) is 9.23. The Kier molecular flexibility index (Phi) is 12.5. The monoisotopic (exact) mass is 368 g/mol. The van der Waals surface area contributed by atoms with Crippen molar-refractivity contribution in [3.05, 3.63) is 30.3 Å². The summed E-state index contributed by atoms with van der Waals surface area (Å²) in [6, 6.07) is 8.78. The molecule has 0 saturated carbocycles. The van der Waals surface area contributed by atoms with Gasteiger partial charge in [0.25, 0.3) is 0 Å². The normalized spacial score (nSPS) is 6.77. The summed E-state index contributed by atoms with van der Waals surface area (Å²) in [4.78, 5) is 17.9. The predicted molar refractivity (Wildman–Crippen MR) is 41.1 cm³/mol. The van der Waals surface area contributed by atoms with Crippen molar-refractivity contribution in [3.8, 4) is 5.75 Å². The van der Waals surface area contributed by atoms with Crippen molar-refractivity contribution in [1.82, 2.24) is 0 Å². The van der Waals surface area contributed by atoms with Crippen LogP contribution >= 0.6 is 0 Å². The average molecular weight is 367 g/mol. The number of hydrogen-bond acceptors (Lipinski definition) is 3. The quantitative estimate of drug-likeness (QED) is 0.619. The second kappa shape index (κ2) is 11.1. The van der Waals surface area contributed by atoms with Crippen molar-refractivity contribution >= 4 is 12.9 Å². The Hall–Kier alpha value is -0.905. The van der Waals surface area contributed by atoms with Crippen molar-refractivity contribution in [2.45, 2.75) is 0 Å². The first-order valence-corrected chi connectivity index (χ1v) is 2.95. The minimum atomic E-state index is 0. The van der Waals surface area contributed by atoms with E-state index >= 15 is 0 Å². The topological polar surface area (TPSA) is 63.6 Å². The van der Waals surface area contributed by atoms with Crippen LogP contribution in [-0.4, -0.2) is 18.1 Å². The van der Waals surface area contributed by atoms with Crippen LogP contribution in [0.5, 0.6) is 5.75 Å². The standard InChI is InChI=1S/C7H5O2.CHO2.Hg/c8-6-9-7-4-2-1-3-5-7;2-1-3;/h1-5H;(H,2,3);/q2*-1;+2. The van der Waals surface area contributed by atoms with Gasteiger partial charge in [0.2, 0.25) is 0 Å². The van der Waals surface area contributed by atoms with Gasteiger partial charge in [-0.1, -0.05) is 24.7 Å². The molecule has 1 aromatic carbocycles. The van der Waals surface area contributed by atoms with Crippen LogP contribution in [0.4, 0.5) is 0 Å². The summed E-state index contributed by atoms with van der Waals surface area (Å²) in [6.45, 7) is 1.83. The van der Waals surface area contributed by atoms with E-state index < -0.39 is 0 Å². The van der Waals surface area contributed by atoms with Gasteiger partial charge in [-0.25, -0.2) is 0 Å². The third-order valence-electron chi connectivity index (χ3n) is 0.903. The maximum absolute atomic E-state index is 9.63. The number of hydrogen-bond donors (Lipinski definition) is 1. The number of rotatable bonds is 2. The molecule has 0 fully saturated rings. The Labute approximate surface area is 96.0 Å². The molecule has 4 nitrogen and oxygen atoms in total. The number of aliphatic hydroxyl groups excluding tert-OH is 1. The summed E-state index contributed by atoms with van der Waals surface area (Å²) >= 11 is 0. The van der Waals surface area contributed by atoms with Crippen LogP contribution in [-0.2, 0) is 37.3 Å². The largest absolute Gasteiger partial charge is 2.00 e. The van der Waals surface area contributed by atoms with Crippen molar-refractivity contribution in [1.29, 1.82) is 0 Å². The number of para-hydroxylation sites is 1. The Morgan fingerprint density at radius 2 is 1.62 bits per heavy atom.